The second-order valence-electron chi connectivity index (χ2n) is 4.27. The van der Waals surface area contributed by atoms with Crippen molar-refractivity contribution in [3.8, 4) is 0 Å². The van der Waals surface area contributed by atoms with Gasteiger partial charge in [-0.2, -0.15) is 0 Å². The van der Waals surface area contributed by atoms with Crippen molar-refractivity contribution in [1.29, 1.82) is 0 Å². The number of hydrogen-bond acceptors (Lipinski definition) is 4. The second kappa shape index (κ2) is 5.96. The number of nitrogens with one attached hydrogen (secondary N) is 3. The molecule has 2 rings (SSSR count). The molecule has 0 aromatic carbocycles. The summed E-state index contributed by atoms with van der Waals surface area (Å²) in [5.41, 5.74) is -0.128. The third-order valence-corrected chi connectivity index (χ3v) is 2.79. The van der Waals surface area contributed by atoms with Crippen molar-refractivity contribution >= 4 is 11.7 Å². The van der Waals surface area contributed by atoms with Crippen LogP contribution in [0.25, 0.3) is 0 Å². The van der Waals surface area contributed by atoms with E-state index in [1.807, 2.05) is 0 Å². The second-order valence-corrected chi connectivity index (χ2v) is 4.27. The molecule has 0 spiro atoms. The van der Waals surface area contributed by atoms with Crippen molar-refractivity contribution in [1.82, 2.24) is 15.0 Å². The molecule has 0 unspecified atom stereocenters. The van der Waals surface area contributed by atoms with Gasteiger partial charge in [0.25, 0.3) is 5.56 Å². The molecule has 7 nitrogen and oxygen atoms in total. The van der Waals surface area contributed by atoms with Gasteiger partial charge in [-0.25, -0.2) is 9.78 Å². The normalized spacial score (nSPS) is 10.2. The number of nitrogens with zero attached hydrogens (tertiary/aromatic N) is 1. The summed E-state index contributed by atoms with van der Waals surface area (Å²) in [7, 11) is 0. The highest BCUT2D eigenvalue weighted by Gasteiger charge is 2.09. The smallest absolute Gasteiger partial charge is 0.311 e. The SMILES string of the molecule is Cc1[nH]c(=O)[nH]c(=O)c1CCC(=O)Nc1ccccn1. The van der Waals surface area contributed by atoms with Crippen molar-refractivity contribution in [2.24, 2.45) is 0 Å². The van der Waals surface area contributed by atoms with E-state index in [2.05, 4.69) is 20.3 Å². The Morgan fingerprint density at radius 2 is 2.10 bits per heavy atom. The van der Waals surface area contributed by atoms with Gasteiger partial charge in [0.1, 0.15) is 5.82 Å². The number of amides is 1. The third kappa shape index (κ3) is 3.41. The van der Waals surface area contributed by atoms with E-state index in [1.165, 1.54) is 0 Å². The van der Waals surface area contributed by atoms with Gasteiger partial charge in [-0.15, -0.1) is 0 Å². The summed E-state index contributed by atoms with van der Waals surface area (Å²) in [5.74, 6) is 0.221. The first-order valence-electron chi connectivity index (χ1n) is 6.09. The van der Waals surface area contributed by atoms with Crippen LogP contribution in [0.5, 0.6) is 0 Å². The Balaban J connectivity index is 2.01. The lowest BCUT2D eigenvalue weighted by Gasteiger charge is -2.05. The summed E-state index contributed by atoms with van der Waals surface area (Å²) < 4.78 is 0. The maximum absolute atomic E-state index is 11.7. The van der Waals surface area contributed by atoms with Crippen molar-refractivity contribution < 1.29 is 4.79 Å². The van der Waals surface area contributed by atoms with Crippen LogP contribution in [0.1, 0.15) is 17.7 Å². The number of rotatable bonds is 4. The standard InChI is InChI=1S/C13H14N4O3/c1-8-9(12(19)17-13(20)15-8)5-6-11(18)16-10-4-2-3-7-14-10/h2-4,7H,5-6H2,1H3,(H,14,16,18)(H2,15,17,19,20). The average molecular weight is 274 g/mol. The van der Waals surface area contributed by atoms with Crippen LogP contribution in [-0.4, -0.2) is 20.9 Å². The zero-order valence-corrected chi connectivity index (χ0v) is 10.9. The quantitative estimate of drug-likeness (QED) is 0.747. The molecule has 0 saturated carbocycles. The lowest BCUT2D eigenvalue weighted by atomic mass is 10.1. The Bertz CT molecular complexity index is 718. The zero-order chi connectivity index (χ0) is 14.5. The number of carbonyl (C=O) groups excluding carboxylic acids is 1. The molecule has 0 bridgehead atoms. The van der Waals surface area contributed by atoms with Crippen molar-refractivity contribution in [2.75, 3.05) is 5.32 Å². The molecule has 2 aromatic heterocycles. The topological polar surface area (TPSA) is 108 Å². The van der Waals surface area contributed by atoms with E-state index < -0.39 is 11.2 Å². The van der Waals surface area contributed by atoms with Crippen molar-refractivity contribution in [2.45, 2.75) is 19.8 Å². The van der Waals surface area contributed by atoms with E-state index in [9.17, 15) is 14.4 Å². The number of aromatic amines is 2. The van der Waals surface area contributed by atoms with E-state index in [-0.39, 0.29) is 18.7 Å². The van der Waals surface area contributed by atoms with Crippen LogP contribution < -0.4 is 16.6 Å². The lowest BCUT2D eigenvalue weighted by molar-refractivity contribution is -0.116. The van der Waals surface area contributed by atoms with E-state index >= 15 is 0 Å². The molecule has 0 aliphatic carbocycles. The number of anilines is 1. The molecule has 104 valence electrons. The van der Waals surface area contributed by atoms with Crippen LogP contribution in [0.4, 0.5) is 5.82 Å². The van der Waals surface area contributed by atoms with Gasteiger partial charge < -0.3 is 10.3 Å². The van der Waals surface area contributed by atoms with E-state index in [1.54, 1.807) is 31.3 Å². The highest BCUT2D eigenvalue weighted by atomic mass is 16.2. The van der Waals surface area contributed by atoms with Crippen LogP contribution in [-0.2, 0) is 11.2 Å². The van der Waals surface area contributed by atoms with E-state index in [0.717, 1.165) is 0 Å². The summed E-state index contributed by atoms with van der Waals surface area (Å²) in [5, 5.41) is 2.63. The number of H-pyrrole nitrogens is 2. The first-order valence-corrected chi connectivity index (χ1v) is 6.09. The molecular weight excluding hydrogens is 260 g/mol. The number of hydrogen-bond donors (Lipinski definition) is 3. The van der Waals surface area contributed by atoms with Gasteiger partial charge in [0.15, 0.2) is 0 Å². The monoisotopic (exact) mass is 274 g/mol. The minimum Gasteiger partial charge on any atom is -0.311 e. The Hall–Kier alpha value is -2.70. The molecule has 20 heavy (non-hydrogen) atoms. The Morgan fingerprint density at radius 1 is 1.30 bits per heavy atom. The summed E-state index contributed by atoms with van der Waals surface area (Å²) >= 11 is 0. The van der Waals surface area contributed by atoms with Crippen molar-refractivity contribution in [3.05, 3.63) is 56.5 Å². The van der Waals surface area contributed by atoms with Gasteiger partial charge in [-0.1, -0.05) is 6.07 Å². The fraction of sp³-hybridized carbons (Fsp3) is 0.231. The fourth-order valence-electron chi connectivity index (χ4n) is 1.81. The van der Waals surface area contributed by atoms with Gasteiger partial charge in [0.2, 0.25) is 5.91 Å². The van der Waals surface area contributed by atoms with Crippen molar-refractivity contribution in [3.63, 3.8) is 0 Å². The summed E-state index contributed by atoms with van der Waals surface area (Å²) in [6, 6.07) is 5.19. The molecule has 0 aliphatic heterocycles. The fourth-order valence-corrected chi connectivity index (χ4v) is 1.81. The molecule has 0 aliphatic rings. The van der Waals surface area contributed by atoms with Crippen LogP contribution in [0, 0.1) is 6.92 Å². The summed E-state index contributed by atoms with van der Waals surface area (Å²) in [6.45, 7) is 1.63. The average Bonchev–Trinajstić information content (AvgIpc) is 2.38. The van der Waals surface area contributed by atoms with Gasteiger partial charge in [0.05, 0.1) is 0 Å². The zero-order valence-electron chi connectivity index (χ0n) is 10.9. The first-order chi connectivity index (χ1) is 9.56. The predicted molar refractivity (Wildman–Crippen MR) is 73.6 cm³/mol. The predicted octanol–water partition coefficient (Wildman–Crippen LogP) is 0.338. The number of aryl methyl sites for hydroxylation is 1. The minimum atomic E-state index is -0.547. The number of aromatic nitrogens is 3. The van der Waals surface area contributed by atoms with Gasteiger partial charge >= 0.3 is 5.69 Å². The molecule has 7 heteroatoms. The number of pyridine rings is 1. The molecule has 3 N–H and O–H groups in total. The molecule has 2 heterocycles. The van der Waals surface area contributed by atoms with Crippen LogP contribution >= 0.6 is 0 Å². The Morgan fingerprint density at radius 3 is 2.75 bits per heavy atom. The highest BCUT2D eigenvalue weighted by Crippen LogP contribution is 2.04. The molecule has 2 aromatic rings. The molecule has 0 atom stereocenters. The molecular formula is C13H14N4O3. The van der Waals surface area contributed by atoms with Gasteiger partial charge in [-0.3, -0.25) is 14.6 Å². The largest absolute Gasteiger partial charge is 0.325 e. The van der Waals surface area contributed by atoms with Gasteiger partial charge in [-0.05, 0) is 25.5 Å². The summed E-state index contributed by atoms with van der Waals surface area (Å²) in [4.78, 5) is 43.0. The lowest BCUT2D eigenvalue weighted by Crippen LogP contribution is -2.27. The maximum atomic E-state index is 11.7. The van der Waals surface area contributed by atoms with Gasteiger partial charge in [0, 0.05) is 23.9 Å². The molecule has 0 radical (unpaired) electrons. The number of carbonyl (C=O) groups is 1. The van der Waals surface area contributed by atoms with E-state index in [4.69, 9.17) is 0 Å². The third-order valence-electron chi connectivity index (χ3n) is 2.79. The summed E-state index contributed by atoms with van der Waals surface area (Å²) in [6.07, 6.45) is 1.95. The highest BCUT2D eigenvalue weighted by molar-refractivity contribution is 5.89. The molecule has 0 saturated heterocycles. The Kier molecular flexibility index (Phi) is 4.09. The van der Waals surface area contributed by atoms with Crippen LogP contribution in [0.2, 0.25) is 0 Å². The van der Waals surface area contributed by atoms with E-state index in [0.29, 0.717) is 17.1 Å². The molecule has 1 amide bonds. The molecule has 0 fully saturated rings. The van der Waals surface area contributed by atoms with Crippen LogP contribution in [0.15, 0.2) is 34.0 Å². The Labute approximate surface area is 114 Å². The maximum Gasteiger partial charge on any atom is 0.325 e. The first kappa shape index (κ1) is 13.7. The van der Waals surface area contributed by atoms with Crippen LogP contribution in [0.3, 0.4) is 0 Å². The minimum absolute atomic E-state index is 0.131.